The molecule has 4 aromatic rings. The van der Waals surface area contributed by atoms with Crippen LogP contribution in [0.2, 0.25) is 0 Å². The number of rotatable bonds is 5. The highest BCUT2D eigenvalue weighted by molar-refractivity contribution is 7.15. The summed E-state index contributed by atoms with van der Waals surface area (Å²) in [5.74, 6) is -1.35. The first-order valence-electron chi connectivity index (χ1n) is 8.33. The molecule has 0 unspecified atom stereocenters. The van der Waals surface area contributed by atoms with Crippen molar-refractivity contribution < 1.29 is 18.3 Å². The van der Waals surface area contributed by atoms with Gasteiger partial charge in [0.25, 0.3) is 0 Å². The van der Waals surface area contributed by atoms with Crippen molar-refractivity contribution >= 4 is 28.2 Å². The second-order valence-electron chi connectivity index (χ2n) is 5.99. The maximum atomic E-state index is 13.4. The van der Waals surface area contributed by atoms with Gasteiger partial charge in [-0.05, 0) is 48.6 Å². The number of halogens is 2. The maximum Gasteiger partial charge on any atom is 0.194 e. The highest BCUT2D eigenvalue weighted by Crippen LogP contribution is 2.29. The molecule has 0 N–H and O–H groups in total. The lowest BCUT2D eigenvalue weighted by molar-refractivity contribution is 0.104. The first kappa shape index (κ1) is 18.1. The molecular formula is C21H14F2N2O2S. The van der Waals surface area contributed by atoms with E-state index in [1.54, 1.807) is 13.2 Å². The number of ketones is 1. The minimum absolute atomic E-state index is 0.0502. The summed E-state index contributed by atoms with van der Waals surface area (Å²) in [6.45, 7) is 0. The Morgan fingerprint density at radius 1 is 1.14 bits per heavy atom. The second kappa shape index (κ2) is 7.36. The summed E-state index contributed by atoms with van der Waals surface area (Å²) in [5.41, 5.74) is 2.21. The highest BCUT2D eigenvalue weighted by Gasteiger charge is 2.14. The number of aromatic nitrogens is 2. The lowest BCUT2D eigenvalue weighted by Gasteiger charge is -2.03. The minimum Gasteiger partial charge on any atom is -0.497 e. The molecule has 28 heavy (non-hydrogen) atoms. The van der Waals surface area contributed by atoms with Crippen molar-refractivity contribution in [3.8, 4) is 17.0 Å². The number of nitrogens with zero attached hydrogens (tertiary/aromatic N) is 2. The van der Waals surface area contributed by atoms with Crippen molar-refractivity contribution in [2.45, 2.75) is 0 Å². The van der Waals surface area contributed by atoms with Crippen LogP contribution in [0.3, 0.4) is 0 Å². The molecular weight excluding hydrogens is 382 g/mol. The van der Waals surface area contributed by atoms with E-state index in [1.165, 1.54) is 17.4 Å². The van der Waals surface area contributed by atoms with Gasteiger partial charge in [-0.25, -0.2) is 13.8 Å². The number of carbonyl (C=O) groups excluding carboxylic acids is 1. The number of imidazole rings is 1. The normalized spacial score (nSPS) is 11.4. The Morgan fingerprint density at radius 2 is 1.86 bits per heavy atom. The molecule has 0 spiro atoms. The van der Waals surface area contributed by atoms with Crippen LogP contribution < -0.4 is 4.74 Å². The van der Waals surface area contributed by atoms with E-state index >= 15 is 0 Å². The molecule has 2 heterocycles. The summed E-state index contributed by atoms with van der Waals surface area (Å²) in [6, 6.07) is 10.2. The SMILES string of the molecule is COc1ccc(-c2nc3sccn3c2C=CC(=O)c2cc(F)cc(F)c2)cc1. The first-order chi connectivity index (χ1) is 13.5. The lowest BCUT2D eigenvalue weighted by atomic mass is 10.1. The van der Waals surface area contributed by atoms with Gasteiger partial charge in [-0.2, -0.15) is 0 Å². The molecule has 4 nitrogen and oxygen atoms in total. The molecule has 2 aromatic heterocycles. The fourth-order valence-corrected chi connectivity index (χ4v) is 3.59. The molecule has 0 fully saturated rings. The summed E-state index contributed by atoms with van der Waals surface area (Å²) in [6.07, 6.45) is 4.76. The largest absolute Gasteiger partial charge is 0.497 e. The van der Waals surface area contributed by atoms with E-state index in [-0.39, 0.29) is 5.56 Å². The average Bonchev–Trinajstić information content (AvgIpc) is 3.27. The number of hydrogen-bond acceptors (Lipinski definition) is 4. The zero-order valence-corrected chi connectivity index (χ0v) is 15.5. The van der Waals surface area contributed by atoms with Crippen LogP contribution in [-0.4, -0.2) is 22.3 Å². The second-order valence-corrected chi connectivity index (χ2v) is 6.86. The summed E-state index contributed by atoms with van der Waals surface area (Å²) < 4.78 is 33.8. The van der Waals surface area contributed by atoms with Crippen molar-refractivity contribution in [1.29, 1.82) is 0 Å². The number of ether oxygens (including phenoxy) is 1. The van der Waals surface area contributed by atoms with Crippen LogP contribution in [0.4, 0.5) is 8.78 Å². The quantitative estimate of drug-likeness (QED) is 0.342. The van der Waals surface area contributed by atoms with Crippen molar-refractivity contribution in [1.82, 2.24) is 9.38 Å². The Labute approximate surface area is 163 Å². The fourth-order valence-electron chi connectivity index (χ4n) is 2.87. The van der Waals surface area contributed by atoms with E-state index in [1.807, 2.05) is 40.2 Å². The highest BCUT2D eigenvalue weighted by atomic mass is 32.1. The lowest BCUT2D eigenvalue weighted by Crippen LogP contribution is -1.97. The third-order valence-electron chi connectivity index (χ3n) is 4.20. The van der Waals surface area contributed by atoms with Gasteiger partial charge in [-0.3, -0.25) is 9.20 Å². The zero-order valence-electron chi connectivity index (χ0n) is 14.7. The van der Waals surface area contributed by atoms with Crippen LogP contribution in [-0.2, 0) is 0 Å². The Bertz CT molecular complexity index is 1170. The number of allylic oxidation sites excluding steroid dienone is 1. The van der Waals surface area contributed by atoms with Crippen LogP contribution >= 0.6 is 11.3 Å². The van der Waals surface area contributed by atoms with Crippen LogP contribution in [0.1, 0.15) is 16.1 Å². The van der Waals surface area contributed by atoms with Crippen LogP contribution in [0.25, 0.3) is 22.3 Å². The monoisotopic (exact) mass is 396 g/mol. The molecule has 0 bridgehead atoms. The van der Waals surface area contributed by atoms with Gasteiger partial charge in [0.2, 0.25) is 0 Å². The van der Waals surface area contributed by atoms with Gasteiger partial charge in [0, 0.05) is 28.8 Å². The molecule has 0 radical (unpaired) electrons. The Morgan fingerprint density at radius 3 is 2.54 bits per heavy atom. The standard InChI is InChI=1S/C21H14F2N2O2S/c1-27-17-4-2-13(3-5-17)20-18(25-8-9-28-21(25)24-20)6-7-19(26)14-10-15(22)12-16(23)11-14/h2-12H,1H3. The smallest absolute Gasteiger partial charge is 0.194 e. The van der Waals surface area contributed by atoms with Crippen molar-refractivity contribution in [3.63, 3.8) is 0 Å². The van der Waals surface area contributed by atoms with E-state index in [2.05, 4.69) is 4.98 Å². The number of methoxy groups -OCH3 is 1. The molecule has 0 aliphatic carbocycles. The fraction of sp³-hybridized carbons (Fsp3) is 0.0476. The van der Waals surface area contributed by atoms with Crippen LogP contribution in [0.5, 0.6) is 5.75 Å². The summed E-state index contributed by atoms with van der Waals surface area (Å²) in [7, 11) is 1.59. The molecule has 4 rings (SSSR count). The van der Waals surface area contributed by atoms with Gasteiger partial charge in [0.15, 0.2) is 10.7 Å². The molecule has 140 valence electrons. The number of carbonyl (C=O) groups is 1. The molecule has 0 aliphatic rings. The number of fused-ring (bicyclic) bond motifs is 1. The van der Waals surface area contributed by atoms with E-state index in [4.69, 9.17) is 4.74 Å². The number of benzene rings is 2. The third kappa shape index (κ3) is 3.44. The number of hydrogen-bond donors (Lipinski definition) is 0. The van der Waals surface area contributed by atoms with E-state index in [9.17, 15) is 13.6 Å². The van der Waals surface area contributed by atoms with Gasteiger partial charge < -0.3 is 4.74 Å². The van der Waals surface area contributed by atoms with Gasteiger partial charge >= 0.3 is 0 Å². The summed E-state index contributed by atoms with van der Waals surface area (Å²) >= 11 is 1.47. The summed E-state index contributed by atoms with van der Waals surface area (Å²) in [5, 5.41) is 1.89. The number of thiazole rings is 1. The predicted molar refractivity (Wildman–Crippen MR) is 105 cm³/mol. The Hall–Kier alpha value is -3.32. The first-order valence-corrected chi connectivity index (χ1v) is 9.21. The van der Waals surface area contributed by atoms with Crippen molar-refractivity contribution in [2.24, 2.45) is 0 Å². The molecule has 0 aliphatic heterocycles. The zero-order chi connectivity index (χ0) is 19.7. The summed E-state index contributed by atoms with van der Waals surface area (Å²) in [4.78, 5) is 17.8. The van der Waals surface area contributed by atoms with Gasteiger partial charge in [0.05, 0.1) is 18.5 Å². The maximum absolute atomic E-state index is 13.4. The molecule has 0 amide bonds. The molecule has 7 heteroatoms. The molecule has 0 saturated carbocycles. The van der Waals surface area contributed by atoms with Gasteiger partial charge in [-0.15, -0.1) is 11.3 Å². The third-order valence-corrected chi connectivity index (χ3v) is 4.96. The Kier molecular flexibility index (Phi) is 4.75. The predicted octanol–water partition coefficient (Wildman–Crippen LogP) is 5.25. The van der Waals surface area contributed by atoms with E-state index in [0.29, 0.717) is 11.4 Å². The van der Waals surface area contributed by atoms with Crippen molar-refractivity contribution in [2.75, 3.05) is 7.11 Å². The van der Waals surface area contributed by atoms with Gasteiger partial charge in [-0.1, -0.05) is 0 Å². The van der Waals surface area contributed by atoms with Crippen LogP contribution in [0.15, 0.2) is 60.1 Å². The van der Waals surface area contributed by atoms with Gasteiger partial charge in [0.1, 0.15) is 17.4 Å². The van der Waals surface area contributed by atoms with Crippen LogP contribution in [0, 0.1) is 11.6 Å². The average molecular weight is 396 g/mol. The Balaban J connectivity index is 1.73. The van der Waals surface area contributed by atoms with Crippen molar-refractivity contribution in [3.05, 3.63) is 83.0 Å². The topological polar surface area (TPSA) is 43.6 Å². The van der Waals surface area contributed by atoms with E-state index < -0.39 is 17.4 Å². The molecule has 0 saturated heterocycles. The van der Waals surface area contributed by atoms with E-state index in [0.717, 1.165) is 34.5 Å². The molecule has 0 atom stereocenters. The molecule has 2 aromatic carbocycles. The minimum atomic E-state index is -0.791.